The van der Waals surface area contributed by atoms with E-state index in [4.69, 9.17) is 4.74 Å². The molecule has 26 heavy (non-hydrogen) atoms. The molecule has 0 aromatic heterocycles. The first-order valence-corrected chi connectivity index (χ1v) is 8.31. The summed E-state index contributed by atoms with van der Waals surface area (Å²) in [7, 11) is 1.44. The maximum atomic E-state index is 13.0. The SMILES string of the molecule is COc1cc2c(c(O)c1/C=C/C(C)C)C(=O)c1c(O)cc(C)cc1C2=O. The summed E-state index contributed by atoms with van der Waals surface area (Å²) >= 11 is 0. The van der Waals surface area contributed by atoms with Crippen molar-refractivity contribution in [1.82, 2.24) is 0 Å². The van der Waals surface area contributed by atoms with Gasteiger partial charge in [0, 0.05) is 11.1 Å². The molecule has 0 radical (unpaired) electrons. The van der Waals surface area contributed by atoms with Crippen molar-refractivity contribution in [3.8, 4) is 17.2 Å². The fourth-order valence-electron chi connectivity index (χ4n) is 3.14. The Morgan fingerprint density at radius 2 is 1.65 bits per heavy atom. The zero-order chi connectivity index (χ0) is 19.2. The van der Waals surface area contributed by atoms with Crippen molar-refractivity contribution in [2.24, 2.45) is 5.92 Å². The average molecular weight is 352 g/mol. The van der Waals surface area contributed by atoms with Crippen LogP contribution in [-0.4, -0.2) is 28.9 Å². The van der Waals surface area contributed by atoms with Crippen LogP contribution in [0, 0.1) is 12.8 Å². The van der Waals surface area contributed by atoms with E-state index in [9.17, 15) is 19.8 Å². The van der Waals surface area contributed by atoms with Crippen LogP contribution < -0.4 is 4.74 Å². The zero-order valence-electron chi connectivity index (χ0n) is 15.1. The van der Waals surface area contributed by atoms with Crippen LogP contribution in [0.3, 0.4) is 0 Å². The molecular formula is C21H20O5. The first kappa shape index (κ1) is 17.7. The van der Waals surface area contributed by atoms with Crippen molar-refractivity contribution in [1.29, 1.82) is 0 Å². The van der Waals surface area contributed by atoms with E-state index in [1.807, 2.05) is 19.9 Å². The fraction of sp³-hybridized carbons (Fsp3) is 0.238. The highest BCUT2D eigenvalue weighted by Gasteiger charge is 2.36. The van der Waals surface area contributed by atoms with Gasteiger partial charge < -0.3 is 14.9 Å². The van der Waals surface area contributed by atoms with E-state index in [0.29, 0.717) is 16.9 Å². The molecule has 0 spiro atoms. The Bertz CT molecular complexity index is 967. The van der Waals surface area contributed by atoms with E-state index < -0.39 is 11.6 Å². The van der Waals surface area contributed by atoms with Crippen LogP contribution in [0.5, 0.6) is 17.2 Å². The molecule has 0 unspecified atom stereocenters. The molecule has 0 atom stereocenters. The number of hydrogen-bond acceptors (Lipinski definition) is 5. The highest BCUT2D eigenvalue weighted by atomic mass is 16.5. The van der Waals surface area contributed by atoms with Gasteiger partial charge >= 0.3 is 0 Å². The molecule has 1 aliphatic carbocycles. The van der Waals surface area contributed by atoms with E-state index >= 15 is 0 Å². The minimum Gasteiger partial charge on any atom is -0.507 e. The molecule has 3 rings (SSSR count). The molecule has 0 saturated carbocycles. The molecule has 2 N–H and O–H groups in total. The Balaban J connectivity index is 2.31. The molecule has 1 aliphatic rings. The van der Waals surface area contributed by atoms with E-state index in [1.165, 1.54) is 19.2 Å². The maximum absolute atomic E-state index is 13.0. The smallest absolute Gasteiger partial charge is 0.201 e. The van der Waals surface area contributed by atoms with Crippen molar-refractivity contribution in [3.63, 3.8) is 0 Å². The Morgan fingerprint density at radius 1 is 1.00 bits per heavy atom. The second-order valence-corrected chi connectivity index (χ2v) is 6.73. The van der Waals surface area contributed by atoms with Gasteiger partial charge in [-0.2, -0.15) is 0 Å². The number of fused-ring (bicyclic) bond motifs is 2. The summed E-state index contributed by atoms with van der Waals surface area (Å²) in [5.74, 6) is -1.06. The van der Waals surface area contributed by atoms with E-state index in [1.54, 1.807) is 19.1 Å². The second kappa shape index (κ2) is 6.33. The molecule has 0 bridgehead atoms. The highest BCUT2D eigenvalue weighted by molar-refractivity contribution is 6.30. The Kier molecular flexibility index (Phi) is 4.32. The lowest BCUT2D eigenvalue weighted by atomic mass is 9.81. The number of phenols is 2. The summed E-state index contributed by atoms with van der Waals surface area (Å²) in [6, 6.07) is 4.46. The molecule has 5 heteroatoms. The van der Waals surface area contributed by atoms with Gasteiger partial charge in [-0.15, -0.1) is 0 Å². The van der Waals surface area contributed by atoms with Gasteiger partial charge in [0.15, 0.2) is 5.78 Å². The number of benzene rings is 2. The molecule has 5 nitrogen and oxygen atoms in total. The molecule has 0 saturated heterocycles. The van der Waals surface area contributed by atoms with Crippen LogP contribution in [0.4, 0.5) is 0 Å². The fourth-order valence-corrected chi connectivity index (χ4v) is 3.14. The van der Waals surface area contributed by atoms with Crippen LogP contribution in [0.2, 0.25) is 0 Å². The van der Waals surface area contributed by atoms with Gasteiger partial charge in [-0.25, -0.2) is 0 Å². The summed E-state index contributed by atoms with van der Waals surface area (Å²) in [5.41, 5.74) is 1.02. The number of methoxy groups -OCH3 is 1. The minimum absolute atomic E-state index is 0.0727. The number of aromatic hydroxyl groups is 2. The number of aryl methyl sites for hydroxylation is 1. The summed E-state index contributed by atoms with van der Waals surface area (Å²) in [5, 5.41) is 20.9. The van der Waals surface area contributed by atoms with Crippen molar-refractivity contribution in [2.75, 3.05) is 7.11 Å². The van der Waals surface area contributed by atoms with Gasteiger partial charge in [0.25, 0.3) is 0 Å². The van der Waals surface area contributed by atoms with Crippen LogP contribution >= 0.6 is 0 Å². The topological polar surface area (TPSA) is 83.8 Å². The summed E-state index contributed by atoms with van der Waals surface area (Å²) in [4.78, 5) is 25.9. The van der Waals surface area contributed by atoms with Gasteiger partial charge in [-0.1, -0.05) is 26.0 Å². The van der Waals surface area contributed by atoms with Gasteiger partial charge in [-0.05, 0) is 36.6 Å². The maximum Gasteiger partial charge on any atom is 0.201 e. The second-order valence-electron chi connectivity index (χ2n) is 6.73. The number of hydrogen-bond donors (Lipinski definition) is 2. The molecule has 0 amide bonds. The summed E-state index contributed by atoms with van der Waals surface area (Å²) in [6.45, 7) is 5.68. The number of rotatable bonds is 3. The Labute approximate surface area is 151 Å². The first-order valence-electron chi connectivity index (χ1n) is 8.31. The first-order chi connectivity index (χ1) is 12.3. The number of phenolic OH excluding ortho intramolecular Hbond substituents is 2. The third-order valence-electron chi connectivity index (χ3n) is 4.38. The van der Waals surface area contributed by atoms with Crippen molar-refractivity contribution in [2.45, 2.75) is 20.8 Å². The molecular weight excluding hydrogens is 332 g/mol. The lowest BCUT2D eigenvalue weighted by Gasteiger charge is -2.22. The molecule has 0 aliphatic heterocycles. The molecule has 2 aromatic carbocycles. The van der Waals surface area contributed by atoms with E-state index in [0.717, 1.165) is 0 Å². The normalized spacial score (nSPS) is 13.3. The molecule has 0 heterocycles. The van der Waals surface area contributed by atoms with Crippen LogP contribution in [-0.2, 0) is 0 Å². The molecule has 134 valence electrons. The lowest BCUT2D eigenvalue weighted by molar-refractivity contribution is 0.0974. The third kappa shape index (κ3) is 2.65. The summed E-state index contributed by atoms with van der Waals surface area (Å²) < 4.78 is 5.32. The highest BCUT2D eigenvalue weighted by Crippen LogP contribution is 2.42. The average Bonchev–Trinajstić information content (AvgIpc) is 2.56. The predicted octanol–water partition coefficient (Wildman–Crippen LogP) is 3.86. The van der Waals surface area contributed by atoms with Gasteiger partial charge in [0.05, 0.1) is 23.8 Å². The zero-order valence-corrected chi connectivity index (χ0v) is 15.1. The standard InChI is InChI=1S/C21H20O5/c1-10(2)5-6-12-16(26-4)9-14-18(20(12)24)21(25)17-13(19(14)23)7-11(3)8-15(17)22/h5-10,22,24H,1-4H3/b6-5+. The number of carbonyl (C=O) groups is 2. The van der Waals surface area contributed by atoms with E-state index in [-0.39, 0.29) is 39.7 Å². The quantitative estimate of drug-likeness (QED) is 0.748. The largest absolute Gasteiger partial charge is 0.507 e. The number of ether oxygens (including phenoxy) is 1. The van der Waals surface area contributed by atoms with Gasteiger partial charge in [0.1, 0.15) is 17.2 Å². The van der Waals surface area contributed by atoms with Crippen LogP contribution in [0.15, 0.2) is 24.3 Å². The minimum atomic E-state index is -0.577. The number of ketones is 2. The van der Waals surface area contributed by atoms with Crippen molar-refractivity contribution in [3.05, 3.63) is 57.7 Å². The third-order valence-corrected chi connectivity index (χ3v) is 4.38. The van der Waals surface area contributed by atoms with Crippen molar-refractivity contribution >= 4 is 17.6 Å². The van der Waals surface area contributed by atoms with Crippen LogP contribution in [0.25, 0.3) is 6.08 Å². The molecule has 2 aromatic rings. The predicted molar refractivity (Wildman–Crippen MR) is 98.2 cm³/mol. The number of carbonyl (C=O) groups excluding carboxylic acids is 2. The van der Waals surface area contributed by atoms with E-state index in [2.05, 4.69) is 0 Å². The summed E-state index contributed by atoms with van der Waals surface area (Å²) in [6.07, 6.45) is 3.52. The molecule has 0 fully saturated rings. The van der Waals surface area contributed by atoms with Crippen LogP contribution in [0.1, 0.15) is 56.8 Å². The lowest BCUT2D eigenvalue weighted by Crippen LogP contribution is -2.22. The Morgan fingerprint density at radius 3 is 2.27 bits per heavy atom. The Hall–Kier alpha value is -3.08. The van der Waals surface area contributed by atoms with Crippen molar-refractivity contribution < 1.29 is 24.5 Å². The number of allylic oxidation sites excluding steroid dienone is 1. The monoisotopic (exact) mass is 352 g/mol. The van der Waals surface area contributed by atoms with Gasteiger partial charge in [-0.3, -0.25) is 9.59 Å². The van der Waals surface area contributed by atoms with Gasteiger partial charge in [0.2, 0.25) is 5.78 Å².